The molecule has 1 heterocycles. The Bertz CT molecular complexity index is 1240. The van der Waals surface area contributed by atoms with E-state index in [4.69, 9.17) is 9.47 Å². The molecule has 180 valence electrons. The number of rotatable bonds is 10. The van der Waals surface area contributed by atoms with Crippen LogP contribution in [0.2, 0.25) is 0 Å². The predicted octanol–water partition coefficient (Wildman–Crippen LogP) is 5.29. The van der Waals surface area contributed by atoms with Crippen LogP contribution in [0.1, 0.15) is 41.9 Å². The van der Waals surface area contributed by atoms with E-state index in [1.54, 1.807) is 43.3 Å². The summed E-state index contributed by atoms with van der Waals surface area (Å²) in [6, 6.07) is 16.5. The topological polar surface area (TPSA) is 75.5 Å². The number of carbonyl (C=O) groups is 1. The Morgan fingerprint density at radius 2 is 1.97 bits per heavy atom. The van der Waals surface area contributed by atoms with Crippen molar-refractivity contribution in [2.45, 2.75) is 31.6 Å². The second-order valence-electron chi connectivity index (χ2n) is 8.65. The van der Waals surface area contributed by atoms with Crippen LogP contribution in [0, 0.1) is 17.1 Å². The zero-order valence-electron chi connectivity index (χ0n) is 20.0. The number of aromatic nitrogens is 1. The molecule has 0 amide bonds. The Morgan fingerprint density at radius 1 is 1.20 bits per heavy atom. The molecule has 35 heavy (non-hydrogen) atoms. The second-order valence-corrected chi connectivity index (χ2v) is 8.65. The predicted molar refractivity (Wildman–Crippen MR) is 132 cm³/mol. The molecule has 3 aromatic rings. The van der Waals surface area contributed by atoms with Gasteiger partial charge in [-0.15, -0.1) is 0 Å². The fourth-order valence-electron chi connectivity index (χ4n) is 4.53. The minimum atomic E-state index is -0.536. The summed E-state index contributed by atoms with van der Waals surface area (Å²) in [4.78, 5) is 17.1. The molecule has 4 rings (SSSR count). The Labute approximate surface area is 204 Å². The smallest absolute Gasteiger partial charge is 0.167 e. The van der Waals surface area contributed by atoms with Gasteiger partial charge in [0.15, 0.2) is 11.6 Å². The summed E-state index contributed by atoms with van der Waals surface area (Å²) in [5, 5.41) is 9.49. The van der Waals surface area contributed by atoms with Gasteiger partial charge in [-0.25, -0.2) is 9.37 Å². The van der Waals surface area contributed by atoms with Gasteiger partial charge in [0.2, 0.25) is 0 Å². The van der Waals surface area contributed by atoms with E-state index in [-0.39, 0.29) is 11.4 Å². The number of fused-ring (bicyclic) bond motifs is 1. The van der Waals surface area contributed by atoms with Crippen molar-refractivity contribution in [2.24, 2.45) is 0 Å². The van der Waals surface area contributed by atoms with Crippen molar-refractivity contribution in [3.05, 3.63) is 71.0 Å². The van der Waals surface area contributed by atoms with E-state index in [2.05, 4.69) is 17.1 Å². The van der Waals surface area contributed by atoms with Crippen molar-refractivity contribution in [3.63, 3.8) is 0 Å². The molecule has 1 aliphatic rings. The van der Waals surface area contributed by atoms with Crippen LogP contribution in [-0.4, -0.2) is 38.6 Å². The zero-order chi connectivity index (χ0) is 24.8. The molecule has 1 aromatic heterocycles. The highest BCUT2D eigenvalue weighted by molar-refractivity contribution is 5.69. The number of aldehydes is 1. The molecule has 1 aliphatic carbocycles. The molecule has 0 saturated carbocycles. The van der Waals surface area contributed by atoms with E-state index >= 15 is 0 Å². The zero-order valence-corrected chi connectivity index (χ0v) is 20.0. The van der Waals surface area contributed by atoms with Crippen LogP contribution in [0.25, 0.3) is 11.3 Å². The number of nitrogens with zero attached hydrogens (tertiary/aromatic N) is 3. The van der Waals surface area contributed by atoms with Crippen molar-refractivity contribution in [2.75, 3.05) is 32.2 Å². The summed E-state index contributed by atoms with van der Waals surface area (Å²) in [6.07, 6.45) is 4.20. The Morgan fingerprint density at radius 3 is 2.69 bits per heavy atom. The third kappa shape index (κ3) is 5.43. The van der Waals surface area contributed by atoms with Gasteiger partial charge >= 0.3 is 0 Å². The van der Waals surface area contributed by atoms with Crippen LogP contribution < -0.4 is 14.4 Å². The number of aryl methyl sites for hydroxylation is 1. The van der Waals surface area contributed by atoms with E-state index in [1.807, 2.05) is 12.1 Å². The highest BCUT2D eigenvalue weighted by Crippen LogP contribution is 2.36. The highest BCUT2D eigenvalue weighted by atomic mass is 19.1. The van der Waals surface area contributed by atoms with Gasteiger partial charge in [0.05, 0.1) is 25.0 Å². The van der Waals surface area contributed by atoms with Crippen molar-refractivity contribution in [1.82, 2.24) is 4.98 Å². The number of hydrogen-bond donors (Lipinski definition) is 0. The summed E-state index contributed by atoms with van der Waals surface area (Å²) in [6.45, 7) is 1.01. The summed E-state index contributed by atoms with van der Waals surface area (Å²) < 4.78 is 25.9. The van der Waals surface area contributed by atoms with E-state index in [9.17, 15) is 14.4 Å². The number of hydrogen-bond acceptors (Lipinski definition) is 6. The summed E-state index contributed by atoms with van der Waals surface area (Å²) in [5.74, 6) is 1.47. The quantitative estimate of drug-likeness (QED) is 0.294. The van der Waals surface area contributed by atoms with E-state index in [0.29, 0.717) is 48.9 Å². The van der Waals surface area contributed by atoms with Crippen molar-refractivity contribution < 1.29 is 18.7 Å². The first kappa shape index (κ1) is 24.2. The molecule has 0 N–H and O–H groups in total. The van der Waals surface area contributed by atoms with Gasteiger partial charge in [-0.05, 0) is 78.8 Å². The van der Waals surface area contributed by atoms with Crippen molar-refractivity contribution in [3.8, 4) is 28.8 Å². The van der Waals surface area contributed by atoms with Gasteiger partial charge in [0.1, 0.15) is 23.9 Å². The molecule has 0 radical (unpaired) electrons. The number of halogens is 1. The lowest BCUT2D eigenvalue weighted by Crippen LogP contribution is -2.23. The average Bonchev–Trinajstić information content (AvgIpc) is 3.28. The number of pyridine rings is 1. The fraction of sp³-hybridized carbons (Fsp3) is 0.321. The first-order valence-electron chi connectivity index (χ1n) is 11.7. The number of methoxy groups -OCH3 is 1. The number of nitriles is 1. The number of carbonyl (C=O) groups excluding carboxylic acids is 1. The van der Waals surface area contributed by atoms with E-state index in [1.165, 1.54) is 17.2 Å². The fourth-order valence-corrected chi connectivity index (χ4v) is 4.53. The summed E-state index contributed by atoms with van der Waals surface area (Å²) in [5.41, 5.74) is 3.83. The molecule has 2 aromatic carbocycles. The van der Waals surface area contributed by atoms with Gasteiger partial charge in [-0.1, -0.05) is 6.07 Å². The third-order valence-electron chi connectivity index (χ3n) is 6.41. The number of ether oxygens (including phenoxy) is 2. The largest absolute Gasteiger partial charge is 0.497 e. The van der Waals surface area contributed by atoms with Crippen LogP contribution in [0.3, 0.4) is 0 Å². The molecule has 0 unspecified atom stereocenters. The molecule has 7 heteroatoms. The molecule has 0 saturated heterocycles. The molecule has 0 fully saturated rings. The van der Waals surface area contributed by atoms with Crippen LogP contribution in [0.4, 0.5) is 10.2 Å². The lowest BCUT2D eigenvalue weighted by molar-refractivity contribution is -0.108. The Kier molecular flexibility index (Phi) is 7.61. The van der Waals surface area contributed by atoms with Gasteiger partial charge in [-0.3, -0.25) is 0 Å². The monoisotopic (exact) mass is 473 g/mol. The molecule has 1 atom stereocenters. The number of anilines is 1. The Hall–Kier alpha value is -3.92. The molecular weight excluding hydrogens is 445 g/mol. The standard InChI is InChI=1S/C28H28FN3O3/c1-32(13-3-15-35-24-10-11-25-19(12-14-33)4-5-21(25)16-24)28-26(29)17-22(18-30)27(31-28)20-6-8-23(34-2)9-7-20/h6-11,14,16-17,19H,3-5,12-13,15H2,1-2H3/t19-/m0/s1. The molecule has 6 nitrogen and oxygen atoms in total. The van der Waals surface area contributed by atoms with E-state index in [0.717, 1.165) is 24.9 Å². The normalized spacial score (nSPS) is 14.2. The van der Waals surface area contributed by atoms with Crippen molar-refractivity contribution >= 4 is 12.1 Å². The van der Waals surface area contributed by atoms with Gasteiger partial charge < -0.3 is 19.2 Å². The molecule has 0 spiro atoms. The summed E-state index contributed by atoms with van der Waals surface area (Å²) >= 11 is 0. The lowest BCUT2D eigenvalue weighted by Gasteiger charge is -2.20. The minimum Gasteiger partial charge on any atom is -0.497 e. The van der Waals surface area contributed by atoms with Crippen molar-refractivity contribution in [1.29, 1.82) is 5.26 Å². The van der Waals surface area contributed by atoms with Crippen LogP contribution in [0.15, 0.2) is 48.5 Å². The first-order valence-corrected chi connectivity index (χ1v) is 11.7. The van der Waals surface area contributed by atoms with Crippen LogP contribution >= 0.6 is 0 Å². The van der Waals surface area contributed by atoms with Crippen LogP contribution in [-0.2, 0) is 11.2 Å². The Balaban J connectivity index is 1.39. The van der Waals surface area contributed by atoms with Crippen LogP contribution in [0.5, 0.6) is 11.5 Å². The second kappa shape index (κ2) is 11.0. The minimum absolute atomic E-state index is 0.181. The lowest BCUT2D eigenvalue weighted by atomic mass is 9.99. The SMILES string of the molecule is COc1ccc(-c2nc(N(C)CCCOc3ccc4c(c3)CC[C@H]4CC=O)c(F)cc2C#N)cc1. The average molecular weight is 474 g/mol. The first-order chi connectivity index (χ1) is 17.0. The third-order valence-corrected chi connectivity index (χ3v) is 6.41. The van der Waals surface area contributed by atoms with Gasteiger partial charge in [0, 0.05) is 25.6 Å². The maximum atomic E-state index is 14.8. The summed E-state index contributed by atoms with van der Waals surface area (Å²) in [7, 11) is 3.36. The maximum Gasteiger partial charge on any atom is 0.167 e. The van der Waals surface area contributed by atoms with Gasteiger partial charge in [-0.2, -0.15) is 5.26 Å². The molecular formula is C28H28FN3O3. The van der Waals surface area contributed by atoms with E-state index < -0.39 is 5.82 Å². The van der Waals surface area contributed by atoms with Gasteiger partial charge in [0.25, 0.3) is 0 Å². The number of benzene rings is 2. The maximum absolute atomic E-state index is 14.8. The highest BCUT2D eigenvalue weighted by Gasteiger charge is 2.22. The molecule has 0 aliphatic heterocycles. The molecule has 0 bridgehead atoms.